The topological polar surface area (TPSA) is 30.5 Å². The third-order valence-corrected chi connectivity index (χ3v) is 1.54. The summed E-state index contributed by atoms with van der Waals surface area (Å²) in [7, 11) is 1.95. The molecule has 0 radical (unpaired) electrons. The first-order valence-corrected chi connectivity index (χ1v) is 5.07. The minimum absolute atomic E-state index is 0.615. The monoisotopic (exact) mass is 189 g/mol. The van der Waals surface area contributed by atoms with Gasteiger partial charge in [0.05, 0.1) is 13.2 Å². The van der Waals surface area contributed by atoms with Gasteiger partial charge in [0.25, 0.3) is 0 Å². The zero-order chi connectivity index (χ0) is 9.94. The lowest BCUT2D eigenvalue weighted by atomic mass is 10.2. The van der Waals surface area contributed by atoms with Gasteiger partial charge in [-0.05, 0) is 25.9 Å². The molecule has 0 aromatic rings. The quantitative estimate of drug-likeness (QED) is 0.554. The van der Waals surface area contributed by atoms with E-state index in [-0.39, 0.29) is 0 Å². The van der Waals surface area contributed by atoms with Crippen LogP contribution >= 0.6 is 0 Å². The zero-order valence-corrected chi connectivity index (χ0v) is 9.14. The van der Waals surface area contributed by atoms with Gasteiger partial charge in [-0.1, -0.05) is 13.8 Å². The Bertz CT molecular complexity index is 96.9. The largest absolute Gasteiger partial charge is 0.379 e. The van der Waals surface area contributed by atoms with Crippen molar-refractivity contribution in [3.8, 4) is 0 Å². The summed E-state index contributed by atoms with van der Waals surface area (Å²) in [5.74, 6) is 0.615. The molecule has 0 saturated carbocycles. The van der Waals surface area contributed by atoms with E-state index in [1.807, 2.05) is 7.05 Å². The first-order valence-electron chi connectivity index (χ1n) is 5.07. The van der Waals surface area contributed by atoms with E-state index in [0.717, 1.165) is 39.4 Å². The summed E-state index contributed by atoms with van der Waals surface area (Å²) in [6.07, 6.45) is 1.07. The lowest BCUT2D eigenvalue weighted by Crippen LogP contribution is -2.13. The van der Waals surface area contributed by atoms with Gasteiger partial charge < -0.3 is 14.8 Å². The van der Waals surface area contributed by atoms with E-state index in [1.54, 1.807) is 0 Å². The van der Waals surface area contributed by atoms with Crippen LogP contribution < -0.4 is 5.32 Å². The lowest BCUT2D eigenvalue weighted by molar-refractivity contribution is 0.0372. The molecule has 0 atom stereocenters. The second-order valence-electron chi connectivity index (χ2n) is 3.54. The fraction of sp³-hybridized carbons (Fsp3) is 1.00. The van der Waals surface area contributed by atoms with Gasteiger partial charge in [0.1, 0.15) is 0 Å². The van der Waals surface area contributed by atoms with E-state index in [2.05, 4.69) is 19.2 Å². The fourth-order valence-corrected chi connectivity index (χ4v) is 0.890. The molecule has 0 saturated heterocycles. The number of ether oxygens (including phenoxy) is 2. The van der Waals surface area contributed by atoms with Crippen molar-refractivity contribution in [2.45, 2.75) is 20.3 Å². The minimum atomic E-state index is 0.615. The van der Waals surface area contributed by atoms with Crippen molar-refractivity contribution in [1.29, 1.82) is 0 Å². The molecule has 0 unspecified atom stereocenters. The summed E-state index contributed by atoms with van der Waals surface area (Å²) in [6, 6.07) is 0. The molecule has 1 N–H and O–H groups in total. The van der Waals surface area contributed by atoms with E-state index in [1.165, 1.54) is 0 Å². The molecule has 0 spiro atoms. The Morgan fingerprint density at radius 3 is 2.38 bits per heavy atom. The molecule has 0 aliphatic carbocycles. The Morgan fingerprint density at radius 2 is 1.77 bits per heavy atom. The molecule has 0 heterocycles. The Labute approximate surface area is 81.8 Å². The highest BCUT2D eigenvalue weighted by Gasteiger charge is 1.93. The van der Waals surface area contributed by atoms with Crippen molar-refractivity contribution in [3.05, 3.63) is 0 Å². The van der Waals surface area contributed by atoms with Gasteiger partial charge in [-0.15, -0.1) is 0 Å². The van der Waals surface area contributed by atoms with Crippen molar-refractivity contribution in [3.63, 3.8) is 0 Å². The maximum absolute atomic E-state index is 5.36. The van der Waals surface area contributed by atoms with E-state index < -0.39 is 0 Å². The van der Waals surface area contributed by atoms with Gasteiger partial charge in [0.2, 0.25) is 0 Å². The standard InChI is InChI=1S/C10H23NO2/c1-10(2)9-13-8-7-12-6-4-5-11-3/h10-11H,4-9H2,1-3H3. The summed E-state index contributed by atoms with van der Waals surface area (Å²) in [5, 5.41) is 3.07. The second-order valence-corrected chi connectivity index (χ2v) is 3.54. The Balaban J connectivity index is 2.84. The highest BCUT2D eigenvalue weighted by molar-refractivity contribution is 4.41. The predicted molar refractivity (Wildman–Crippen MR) is 55.0 cm³/mol. The highest BCUT2D eigenvalue weighted by Crippen LogP contribution is 1.91. The molecule has 80 valence electrons. The normalized spacial score (nSPS) is 11.1. The maximum Gasteiger partial charge on any atom is 0.0700 e. The van der Waals surface area contributed by atoms with Crippen molar-refractivity contribution in [2.75, 3.05) is 40.0 Å². The van der Waals surface area contributed by atoms with Crippen LogP contribution in [0.5, 0.6) is 0 Å². The van der Waals surface area contributed by atoms with E-state index in [9.17, 15) is 0 Å². The Kier molecular flexibility index (Phi) is 9.87. The number of rotatable bonds is 9. The average molecular weight is 189 g/mol. The molecule has 0 bridgehead atoms. The highest BCUT2D eigenvalue weighted by atomic mass is 16.5. The van der Waals surface area contributed by atoms with Gasteiger partial charge >= 0.3 is 0 Å². The second kappa shape index (κ2) is 9.96. The number of nitrogens with one attached hydrogen (secondary N) is 1. The van der Waals surface area contributed by atoms with Crippen LogP contribution in [0, 0.1) is 5.92 Å². The first kappa shape index (κ1) is 12.9. The Morgan fingerprint density at radius 1 is 1.08 bits per heavy atom. The minimum Gasteiger partial charge on any atom is -0.379 e. The van der Waals surface area contributed by atoms with Gasteiger partial charge in [0, 0.05) is 13.2 Å². The van der Waals surface area contributed by atoms with Crippen molar-refractivity contribution >= 4 is 0 Å². The first-order chi connectivity index (χ1) is 6.27. The number of hydrogen-bond acceptors (Lipinski definition) is 3. The molecular weight excluding hydrogens is 166 g/mol. The Hall–Kier alpha value is -0.120. The van der Waals surface area contributed by atoms with Gasteiger partial charge in [0.15, 0.2) is 0 Å². The summed E-state index contributed by atoms with van der Waals surface area (Å²) in [4.78, 5) is 0. The number of hydrogen-bond donors (Lipinski definition) is 1. The van der Waals surface area contributed by atoms with Crippen LogP contribution in [0.2, 0.25) is 0 Å². The maximum atomic E-state index is 5.36. The van der Waals surface area contributed by atoms with Crippen LogP contribution in [0.1, 0.15) is 20.3 Å². The molecular formula is C10H23NO2. The average Bonchev–Trinajstić information content (AvgIpc) is 2.09. The summed E-state index contributed by atoms with van der Waals surface area (Å²) >= 11 is 0. The van der Waals surface area contributed by atoms with Crippen LogP contribution in [0.4, 0.5) is 0 Å². The molecule has 0 fully saturated rings. The summed E-state index contributed by atoms with van der Waals surface area (Å²) in [6.45, 7) is 8.41. The molecule has 0 rings (SSSR count). The molecule has 0 amide bonds. The zero-order valence-electron chi connectivity index (χ0n) is 9.14. The van der Waals surface area contributed by atoms with Crippen molar-refractivity contribution in [1.82, 2.24) is 5.32 Å². The molecule has 3 heteroatoms. The smallest absolute Gasteiger partial charge is 0.0700 e. The van der Waals surface area contributed by atoms with E-state index in [4.69, 9.17) is 9.47 Å². The molecule has 3 nitrogen and oxygen atoms in total. The van der Waals surface area contributed by atoms with Crippen LogP contribution in [-0.2, 0) is 9.47 Å². The van der Waals surface area contributed by atoms with Crippen LogP contribution in [0.25, 0.3) is 0 Å². The van der Waals surface area contributed by atoms with Crippen LogP contribution in [-0.4, -0.2) is 40.0 Å². The van der Waals surface area contributed by atoms with Gasteiger partial charge in [-0.25, -0.2) is 0 Å². The van der Waals surface area contributed by atoms with Crippen LogP contribution in [0.3, 0.4) is 0 Å². The third kappa shape index (κ3) is 11.9. The molecule has 0 aliphatic heterocycles. The van der Waals surface area contributed by atoms with Gasteiger partial charge in [-0.3, -0.25) is 0 Å². The SMILES string of the molecule is CNCCCOCCOCC(C)C. The molecule has 0 aromatic heterocycles. The molecule has 13 heavy (non-hydrogen) atoms. The summed E-state index contributed by atoms with van der Waals surface area (Å²) in [5.41, 5.74) is 0. The fourth-order valence-electron chi connectivity index (χ4n) is 0.890. The van der Waals surface area contributed by atoms with E-state index in [0.29, 0.717) is 5.92 Å². The molecule has 0 aliphatic rings. The van der Waals surface area contributed by atoms with Crippen LogP contribution in [0.15, 0.2) is 0 Å². The lowest BCUT2D eigenvalue weighted by Gasteiger charge is -2.07. The van der Waals surface area contributed by atoms with Crippen molar-refractivity contribution < 1.29 is 9.47 Å². The summed E-state index contributed by atoms with van der Waals surface area (Å²) < 4.78 is 10.7. The van der Waals surface area contributed by atoms with Gasteiger partial charge in [-0.2, -0.15) is 0 Å². The predicted octanol–water partition coefficient (Wildman–Crippen LogP) is 1.29. The third-order valence-electron chi connectivity index (χ3n) is 1.54. The molecule has 0 aromatic carbocycles. The van der Waals surface area contributed by atoms with Crippen molar-refractivity contribution in [2.24, 2.45) is 5.92 Å². The van der Waals surface area contributed by atoms with E-state index >= 15 is 0 Å².